The fraction of sp³-hybridized carbons (Fsp3) is 0.500. The standard InChI is InChI=1S/C14H19NO2/c1-10(2)11-3-5-12(6-4-11)14(17)15-8-7-13(16)9-15/h3-6,10,13,16H,7-9H2,1-2H3/t13-/m1/s1. The maximum absolute atomic E-state index is 12.1. The Kier molecular flexibility index (Phi) is 3.48. The van der Waals surface area contributed by atoms with Crippen molar-refractivity contribution in [2.75, 3.05) is 13.1 Å². The normalized spacial score (nSPS) is 20.0. The Morgan fingerprint density at radius 3 is 2.47 bits per heavy atom. The minimum Gasteiger partial charge on any atom is -0.391 e. The number of amides is 1. The van der Waals surface area contributed by atoms with Crippen LogP contribution in [0.5, 0.6) is 0 Å². The molecule has 1 saturated heterocycles. The number of carbonyl (C=O) groups excluding carboxylic acids is 1. The molecule has 92 valence electrons. The molecule has 2 rings (SSSR count). The van der Waals surface area contributed by atoms with Crippen molar-refractivity contribution in [1.29, 1.82) is 0 Å². The number of aliphatic hydroxyl groups is 1. The first kappa shape index (κ1) is 12.1. The van der Waals surface area contributed by atoms with E-state index in [1.54, 1.807) is 4.90 Å². The average molecular weight is 233 g/mol. The van der Waals surface area contributed by atoms with E-state index in [0.717, 1.165) is 0 Å². The number of hydrogen-bond acceptors (Lipinski definition) is 2. The lowest BCUT2D eigenvalue weighted by Gasteiger charge is -2.16. The molecule has 1 heterocycles. The fourth-order valence-corrected chi connectivity index (χ4v) is 2.12. The average Bonchev–Trinajstić information content (AvgIpc) is 2.75. The van der Waals surface area contributed by atoms with Gasteiger partial charge in [0.1, 0.15) is 0 Å². The summed E-state index contributed by atoms with van der Waals surface area (Å²) in [5.41, 5.74) is 1.95. The van der Waals surface area contributed by atoms with Gasteiger partial charge in [-0.1, -0.05) is 26.0 Å². The van der Waals surface area contributed by atoms with Crippen LogP contribution in [0, 0.1) is 0 Å². The highest BCUT2D eigenvalue weighted by Gasteiger charge is 2.25. The quantitative estimate of drug-likeness (QED) is 0.849. The molecule has 1 aliphatic heterocycles. The fourth-order valence-electron chi connectivity index (χ4n) is 2.12. The molecule has 1 atom stereocenters. The second kappa shape index (κ2) is 4.88. The summed E-state index contributed by atoms with van der Waals surface area (Å²) in [6.07, 6.45) is 0.337. The van der Waals surface area contributed by atoms with Gasteiger partial charge in [0, 0.05) is 18.7 Å². The van der Waals surface area contributed by atoms with E-state index in [0.29, 0.717) is 31.0 Å². The van der Waals surface area contributed by atoms with Gasteiger partial charge in [0.25, 0.3) is 5.91 Å². The van der Waals surface area contributed by atoms with Gasteiger partial charge in [-0.15, -0.1) is 0 Å². The van der Waals surface area contributed by atoms with Gasteiger partial charge in [-0.25, -0.2) is 0 Å². The van der Waals surface area contributed by atoms with Gasteiger partial charge in [-0.05, 0) is 30.0 Å². The van der Waals surface area contributed by atoms with E-state index in [9.17, 15) is 9.90 Å². The highest BCUT2D eigenvalue weighted by atomic mass is 16.3. The van der Waals surface area contributed by atoms with Gasteiger partial charge >= 0.3 is 0 Å². The molecular formula is C14H19NO2. The summed E-state index contributed by atoms with van der Waals surface area (Å²) in [4.78, 5) is 13.8. The monoisotopic (exact) mass is 233 g/mol. The third kappa shape index (κ3) is 2.67. The number of benzene rings is 1. The van der Waals surface area contributed by atoms with Crippen LogP contribution in [-0.4, -0.2) is 35.1 Å². The predicted octanol–water partition coefficient (Wildman–Crippen LogP) is 2.02. The molecule has 1 amide bonds. The van der Waals surface area contributed by atoms with Crippen molar-refractivity contribution in [3.05, 3.63) is 35.4 Å². The molecule has 1 aromatic rings. The van der Waals surface area contributed by atoms with E-state index in [-0.39, 0.29) is 12.0 Å². The van der Waals surface area contributed by atoms with Crippen LogP contribution in [0.2, 0.25) is 0 Å². The number of rotatable bonds is 2. The molecule has 1 fully saturated rings. The van der Waals surface area contributed by atoms with Crippen LogP contribution >= 0.6 is 0 Å². The Labute approximate surface area is 102 Å². The first-order valence-electron chi connectivity index (χ1n) is 6.15. The minimum atomic E-state index is -0.353. The zero-order valence-electron chi connectivity index (χ0n) is 10.4. The van der Waals surface area contributed by atoms with Crippen molar-refractivity contribution in [3.8, 4) is 0 Å². The highest BCUT2D eigenvalue weighted by molar-refractivity contribution is 5.94. The van der Waals surface area contributed by atoms with E-state index < -0.39 is 0 Å². The van der Waals surface area contributed by atoms with Crippen molar-refractivity contribution < 1.29 is 9.90 Å². The molecule has 3 nitrogen and oxygen atoms in total. The van der Waals surface area contributed by atoms with E-state index >= 15 is 0 Å². The van der Waals surface area contributed by atoms with Crippen LogP contribution in [-0.2, 0) is 0 Å². The molecular weight excluding hydrogens is 214 g/mol. The second-order valence-electron chi connectivity index (χ2n) is 4.97. The third-order valence-electron chi connectivity index (χ3n) is 3.27. The number of hydrogen-bond donors (Lipinski definition) is 1. The smallest absolute Gasteiger partial charge is 0.253 e. The summed E-state index contributed by atoms with van der Waals surface area (Å²) in [6, 6.07) is 7.76. The van der Waals surface area contributed by atoms with Gasteiger partial charge in [0.05, 0.1) is 6.10 Å². The van der Waals surface area contributed by atoms with Crippen LogP contribution in [0.15, 0.2) is 24.3 Å². The number of aliphatic hydroxyl groups excluding tert-OH is 1. The summed E-state index contributed by atoms with van der Waals surface area (Å²) in [5.74, 6) is 0.504. The Hall–Kier alpha value is -1.35. The molecule has 0 aromatic heterocycles. The molecule has 0 aliphatic carbocycles. The zero-order chi connectivity index (χ0) is 12.4. The molecule has 0 radical (unpaired) electrons. The van der Waals surface area contributed by atoms with Gasteiger partial charge in [-0.2, -0.15) is 0 Å². The van der Waals surface area contributed by atoms with Crippen LogP contribution in [0.3, 0.4) is 0 Å². The third-order valence-corrected chi connectivity index (χ3v) is 3.27. The molecule has 0 bridgehead atoms. The van der Waals surface area contributed by atoms with Gasteiger partial charge in [0.15, 0.2) is 0 Å². The second-order valence-corrected chi connectivity index (χ2v) is 4.97. The van der Waals surface area contributed by atoms with E-state index in [1.165, 1.54) is 5.56 Å². The number of carbonyl (C=O) groups is 1. The van der Waals surface area contributed by atoms with Gasteiger partial charge in [0.2, 0.25) is 0 Å². The number of nitrogens with zero attached hydrogens (tertiary/aromatic N) is 1. The predicted molar refractivity (Wildman–Crippen MR) is 67.1 cm³/mol. The minimum absolute atomic E-state index is 0.0249. The Bertz CT molecular complexity index is 397. The first-order valence-corrected chi connectivity index (χ1v) is 6.15. The Morgan fingerprint density at radius 2 is 2.00 bits per heavy atom. The van der Waals surface area contributed by atoms with Gasteiger partial charge < -0.3 is 10.0 Å². The van der Waals surface area contributed by atoms with Gasteiger partial charge in [-0.3, -0.25) is 4.79 Å². The summed E-state index contributed by atoms with van der Waals surface area (Å²) in [6.45, 7) is 5.39. The largest absolute Gasteiger partial charge is 0.391 e. The summed E-state index contributed by atoms with van der Waals surface area (Å²) in [5, 5.41) is 9.42. The molecule has 17 heavy (non-hydrogen) atoms. The van der Waals surface area contributed by atoms with E-state index in [2.05, 4.69) is 13.8 Å². The molecule has 1 aliphatic rings. The highest BCUT2D eigenvalue weighted by Crippen LogP contribution is 2.17. The SMILES string of the molecule is CC(C)c1ccc(C(=O)N2CC[C@@H](O)C2)cc1. The van der Waals surface area contributed by atoms with Crippen molar-refractivity contribution in [1.82, 2.24) is 4.90 Å². The summed E-state index contributed by atoms with van der Waals surface area (Å²) < 4.78 is 0. The maximum Gasteiger partial charge on any atom is 0.253 e. The van der Waals surface area contributed by atoms with Crippen molar-refractivity contribution in [2.24, 2.45) is 0 Å². The molecule has 3 heteroatoms. The zero-order valence-corrected chi connectivity index (χ0v) is 10.4. The lowest BCUT2D eigenvalue weighted by Crippen LogP contribution is -2.29. The van der Waals surface area contributed by atoms with Crippen LogP contribution in [0.1, 0.15) is 42.1 Å². The topological polar surface area (TPSA) is 40.5 Å². The lowest BCUT2D eigenvalue weighted by atomic mass is 10.0. The Morgan fingerprint density at radius 1 is 1.35 bits per heavy atom. The number of β-amino-alcohol motifs (C(OH)–C–C–N with tert-alkyl or cyclic N) is 1. The first-order chi connectivity index (χ1) is 8.08. The van der Waals surface area contributed by atoms with Crippen molar-refractivity contribution in [2.45, 2.75) is 32.3 Å². The Balaban J connectivity index is 2.09. The summed E-state index contributed by atoms with van der Waals surface area (Å²) >= 11 is 0. The van der Waals surface area contributed by atoms with E-state index in [1.807, 2.05) is 24.3 Å². The number of likely N-dealkylation sites (tertiary alicyclic amines) is 1. The molecule has 0 spiro atoms. The molecule has 1 N–H and O–H groups in total. The van der Waals surface area contributed by atoms with Crippen molar-refractivity contribution in [3.63, 3.8) is 0 Å². The molecule has 1 aromatic carbocycles. The van der Waals surface area contributed by atoms with E-state index in [4.69, 9.17) is 0 Å². The molecule has 0 unspecified atom stereocenters. The molecule has 0 saturated carbocycles. The summed E-state index contributed by atoms with van der Waals surface area (Å²) in [7, 11) is 0. The van der Waals surface area contributed by atoms with Crippen LogP contribution in [0.25, 0.3) is 0 Å². The van der Waals surface area contributed by atoms with Crippen LogP contribution < -0.4 is 0 Å². The van der Waals surface area contributed by atoms with Crippen LogP contribution in [0.4, 0.5) is 0 Å². The maximum atomic E-state index is 12.1. The van der Waals surface area contributed by atoms with Crippen molar-refractivity contribution >= 4 is 5.91 Å². The lowest BCUT2D eigenvalue weighted by molar-refractivity contribution is 0.0765.